The number of piperazine rings is 1. The monoisotopic (exact) mass is 818 g/mol. The third-order valence-corrected chi connectivity index (χ3v) is 10.6. The molecule has 4 aromatic carbocycles. The normalized spacial score (nSPS) is 23.3. The van der Waals surface area contributed by atoms with Crippen LogP contribution in [0.25, 0.3) is 6.08 Å². The van der Waals surface area contributed by atoms with E-state index >= 15 is 4.39 Å². The lowest BCUT2D eigenvalue weighted by Crippen LogP contribution is -2.61. The molecule has 0 saturated carbocycles. The summed E-state index contributed by atoms with van der Waals surface area (Å²) < 4.78 is 47.2. The second kappa shape index (κ2) is 20.5. The molecule has 3 N–H and O–H groups in total. The minimum atomic E-state index is -2.12. The maximum absolute atomic E-state index is 16.9. The number of allylic oxidation sites excluding steroid dienone is 1. The summed E-state index contributed by atoms with van der Waals surface area (Å²) in [7, 11) is 0. The number of carbonyl (C=O) groups excluding carboxylic acids is 3. The molecule has 314 valence electrons. The molecule has 4 aromatic rings. The number of hydrogen-bond acceptors (Lipinski definition) is 12. The summed E-state index contributed by atoms with van der Waals surface area (Å²) in [5, 5.41) is 3.38. The van der Waals surface area contributed by atoms with Gasteiger partial charge in [0.15, 0.2) is 24.6 Å². The van der Waals surface area contributed by atoms with Crippen LogP contribution in [0.2, 0.25) is 0 Å². The Balaban J connectivity index is 1.15. The third kappa shape index (κ3) is 10.9. The highest BCUT2D eigenvalue weighted by molar-refractivity contribution is 5.90. The van der Waals surface area contributed by atoms with E-state index in [1.54, 1.807) is 78.9 Å². The van der Waals surface area contributed by atoms with Gasteiger partial charge in [0.25, 0.3) is 0 Å². The van der Waals surface area contributed by atoms with Crippen molar-refractivity contribution in [2.75, 3.05) is 39.3 Å². The van der Waals surface area contributed by atoms with E-state index in [0.717, 1.165) is 55.1 Å². The first kappa shape index (κ1) is 42.4. The lowest BCUT2D eigenvalue weighted by Gasteiger charge is -2.42. The van der Waals surface area contributed by atoms with Crippen LogP contribution in [-0.4, -0.2) is 99.1 Å². The van der Waals surface area contributed by atoms with Gasteiger partial charge in [0, 0.05) is 38.4 Å². The average molecular weight is 819 g/mol. The van der Waals surface area contributed by atoms with E-state index in [-0.39, 0.29) is 22.6 Å². The summed E-state index contributed by atoms with van der Waals surface area (Å²) >= 11 is 0. The van der Waals surface area contributed by atoms with Gasteiger partial charge < -0.3 is 34.4 Å². The zero-order chi connectivity index (χ0) is 41.8. The highest BCUT2D eigenvalue weighted by Gasteiger charge is 2.53. The number of halogens is 1. The van der Waals surface area contributed by atoms with Crippen LogP contribution < -0.4 is 16.2 Å². The second-order valence-electron chi connectivity index (χ2n) is 15.2. The lowest BCUT2D eigenvalue weighted by molar-refractivity contribution is -0.299. The van der Waals surface area contributed by atoms with Gasteiger partial charge in [0.1, 0.15) is 12.7 Å². The van der Waals surface area contributed by atoms with Crippen molar-refractivity contribution in [3.63, 3.8) is 0 Å². The van der Waals surface area contributed by atoms with Crippen molar-refractivity contribution < 1.29 is 42.5 Å². The SMILES string of the molecule is CC(C)C1=C(Cc2ccc(/C=C/CN3CCNCC3)cc2)C(OC2OC(COC(=O)c3ccccc3)C(F)C(OC(=O)c3ccccc3)C2OC(=O)c2ccccc2)NN1. The molecule has 0 bridgehead atoms. The summed E-state index contributed by atoms with van der Waals surface area (Å²) in [5.41, 5.74) is 10.9. The van der Waals surface area contributed by atoms with Crippen LogP contribution in [0.15, 0.2) is 133 Å². The standard InChI is InChI=1S/C47H51FN4O8/c1-31(2)40-37(29-33-22-20-32(21-23-33)13-12-26-52-27-24-49-25-28-52)43(51-50-40)60-47-42(59-46(55)36-18-10-5-11-19-36)41(58-45(54)35-16-8-4-9-17-35)39(48)38(57-47)30-56-44(53)34-14-6-3-7-15-34/h3-23,31,38-39,41-43,47,49-51H,24-30H2,1-2H3/b13-12+. The summed E-state index contributed by atoms with van der Waals surface area (Å²) in [6.07, 6.45) is -4.53. The van der Waals surface area contributed by atoms with Crippen molar-refractivity contribution in [1.29, 1.82) is 0 Å². The van der Waals surface area contributed by atoms with Crippen LogP contribution >= 0.6 is 0 Å². The van der Waals surface area contributed by atoms with Crippen molar-refractivity contribution in [3.05, 3.63) is 160 Å². The lowest BCUT2D eigenvalue weighted by atomic mass is 9.97. The summed E-state index contributed by atoms with van der Waals surface area (Å²) in [6.45, 7) is 8.48. The van der Waals surface area contributed by atoms with Gasteiger partial charge in [-0.25, -0.2) is 24.2 Å². The molecule has 13 heteroatoms. The minimum absolute atomic E-state index is 0.0484. The predicted octanol–water partition coefficient (Wildman–Crippen LogP) is 5.88. The quantitative estimate of drug-likeness (QED) is 0.0977. The molecular weight excluding hydrogens is 768 g/mol. The number of esters is 3. The summed E-state index contributed by atoms with van der Waals surface area (Å²) in [6, 6.07) is 32.8. The smallest absolute Gasteiger partial charge is 0.338 e. The number of nitrogens with zero attached hydrogens (tertiary/aromatic N) is 1. The molecule has 0 aliphatic carbocycles. The van der Waals surface area contributed by atoms with Gasteiger partial charge >= 0.3 is 17.9 Å². The fraction of sp³-hybridized carbons (Fsp3) is 0.340. The Morgan fingerprint density at radius 1 is 0.783 bits per heavy atom. The zero-order valence-corrected chi connectivity index (χ0v) is 33.7. The van der Waals surface area contributed by atoms with Crippen molar-refractivity contribution in [3.8, 4) is 0 Å². The number of ether oxygens (including phenoxy) is 5. The molecule has 6 unspecified atom stereocenters. The molecule has 12 nitrogen and oxygen atoms in total. The molecule has 3 aliphatic heterocycles. The molecule has 0 spiro atoms. The Morgan fingerprint density at radius 2 is 1.35 bits per heavy atom. The number of rotatable bonds is 15. The molecule has 3 aliphatic rings. The van der Waals surface area contributed by atoms with E-state index in [1.165, 1.54) is 12.1 Å². The molecule has 2 saturated heterocycles. The van der Waals surface area contributed by atoms with Crippen molar-refractivity contribution in [1.82, 2.24) is 21.1 Å². The first-order valence-electron chi connectivity index (χ1n) is 20.4. The fourth-order valence-corrected chi connectivity index (χ4v) is 7.32. The van der Waals surface area contributed by atoms with Gasteiger partial charge in [-0.15, -0.1) is 0 Å². The Kier molecular flexibility index (Phi) is 14.5. The largest absolute Gasteiger partial charge is 0.459 e. The number of carbonyl (C=O) groups is 3. The molecule has 0 radical (unpaired) electrons. The van der Waals surface area contributed by atoms with Gasteiger partial charge in [-0.2, -0.15) is 0 Å². The van der Waals surface area contributed by atoms with Gasteiger partial charge in [-0.05, 0) is 65.4 Å². The number of benzene rings is 4. The van der Waals surface area contributed by atoms with Crippen LogP contribution in [0.3, 0.4) is 0 Å². The van der Waals surface area contributed by atoms with Crippen LogP contribution in [0.1, 0.15) is 56.0 Å². The van der Waals surface area contributed by atoms with Crippen LogP contribution in [-0.2, 0) is 30.1 Å². The van der Waals surface area contributed by atoms with Gasteiger partial charge in [0.05, 0.1) is 16.7 Å². The Morgan fingerprint density at radius 3 is 1.93 bits per heavy atom. The van der Waals surface area contributed by atoms with E-state index in [2.05, 4.69) is 57.5 Å². The molecule has 0 aromatic heterocycles. The van der Waals surface area contributed by atoms with Gasteiger partial charge in [0.2, 0.25) is 6.29 Å². The van der Waals surface area contributed by atoms with E-state index in [1.807, 2.05) is 13.8 Å². The van der Waals surface area contributed by atoms with Crippen molar-refractivity contribution in [2.24, 2.45) is 5.92 Å². The van der Waals surface area contributed by atoms with E-state index in [0.29, 0.717) is 6.42 Å². The zero-order valence-electron chi connectivity index (χ0n) is 33.7. The van der Waals surface area contributed by atoms with Crippen molar-refractivity contribution >= 4 is 24.0 Å². The minimum Gasteiger partial charge on any atom is -0.459 e. The highest BCUT2D eigenvalue weighted by Crippen LogP contribution is 2.34. The first-order chi connectivity index (χ1) is 29.2. The van der Waals surface area contributed by atoms with Gasteiger partial charge in [-0.1, -0.05) is 105 Å². The van der Waals surface area contributed by atoms with Gasteiger partial charge in [-0.3, -0.25) is 4.90 Å². The predicted molar refractivity (Wildman–Crippen MR) is 223 cm³/mol. The number of hydrazine groups is 1. The van der Waals surface area contributed by atoms with Crippen molar-refractivity contribution in [2.45, 2.75) is 57.3 Å². The molecule has 2 fully saturated rings. The van der Waals surface area contributed by atoms with Crippen LogP contribution in [0.5, 0.6) is 0 Å². The topological polar surface area (TPSA) is 137 Å². The first-order valence-corrected chi connectivity index (χ1v) is 20.4. The Bertz CT molecular complexity index is 2100. The molecule has 6 atom stereocenters. The molecule has 7 rings (SSSR count). The molecule has 3 heterocycles. The molecule has 60 heavy (non-hydrogen) atoms. The number of nitrogens with one attached hydrogen (secondary N) is 3. The number of hydrogen-bond donors (Lipinski definition) is 3. The summed E-state index contributed by atoms with van der Waals surface area (Å²) in [4.78, 5) is 42.6. The fourth-order valence-electron chi connectivity index (χ4n) is 7.32. The molecule has 0 amide bonds. The second-order valence-corrected chi connectivity index (χ2v) is 15.2. The average Bonchev–Trinajstić information content (AvgIpc) is 3.68. The van der Waals surface area contributed by atoms with E-state index in [9.17, 15) is 14.4 Å². The molecular formula is C47H51FN4O8. The Labute approximate surface area is 349 Å². The van der Waals surface area contributed by atoms with Crippen LogP contribution in [0, 0.1) is 5.92 Å². The van der Waals surface area contributed by atoms with E-state index < -0.39 is 61.5 Å². The maximum atomic E-state index is 16.9. The number of alkyl halides is 1. The van der Waals surface area contributed by atoms with Crippen LogP contribution in [0.4, 0.5) is 4.39 Å². The maximum Gasteiger partial charge on any atom is 0.338 e. The Hall–Kier alpha value is -5.70. The van der Waals surface area contributed by atoms with E-state index in [4.69, 9.17) is 23.7 Å². The highest BCUT2D eigenvalue weighted by atomic mass is 19.1. The third-order valence-electron chi connectivity index (χ3n) is 10.6. The summed E-state index contributed by atoms with van der Waals surface area (Å²) in [5.74, 6) is -2.31.